The first-order valence-corrected chi connectivity index (χ1v) is 7.48. The molecule has 104 valence electrons. The summed E-state index contributed by atoms with van der Waals surface area (Å²) in [5.41, 5.74) is 3.68. The molecule has 0 amide bonds. The first kappa shape index (κ1) is 13.4. The predicted octanol–water partition coefficient (Wildman–Crippen LogP) is 3.23. The van der Waals surface area contributed by atoms with Crippen LogP contribution in [0.15, 0.2) is 28.9 Å². The Bertz CT molecular complexity index is 770. The van der Waals surface area contributed by atoms with E-state index in [0.717, 1.165) is 34.7 Å². The van der Waals surface area contributed by atoms with Crippen LogP contribution >= 0.6 is 15.9 Å². The Balaban J connectivity index is 1.88. The van der Waals surface area contributed by atoms with Crippen molar-refractivity contribution in [1.82, 2.24) is 19.2 Å². The molecule has 0 aliphatic rings. The van der Waals surface area contributed by atoms with Crippen LogP contribution < -0.4 is 0 Å². The van der Waals surface area contributed by atoms with E-state index in [1.165, 1.54) is 11.1 Å². The van der Waals surface area contributed by atoms with Crippen LogP contribution in [-0.4, -0.2) is 19.2 Å². The minimum absolute atomic E-state index is 0.883. The Morgan fingerprint density at radius 3 is 2.60 bits per heavy atom. The van der Waals surface area contributed by atoms with Gasteiger partial charge < -0.3 is 0 Å². The van der Waals surface area contributed by atoms with Gasteiger partial charge in [-0.2, -0.15) is 9.61 Å². The summed E-state index contributed by atoms with van der Waals surface area (Å²) in [5, 5.41) is 4.65. The number of hydrogen-bond donors (Lipinski definition) is 0. The third kappa shape index (κ3) is 2.16. The standard InChI is InChI=1S/C15H17BrN4/c1-10-6-4-5-7-12(10)8-9-13-18-20-14(16)11(2)17-15(20)19(13)3/h4-7H,8-9H2,1-3H3. The summed E-state index contributed by atoms with van der Waals surface area (Å²) in [7, 11) is 2.02. The topological polar surface area (TPSA) is 35.1 Å². The minimum atomic E-state index is 0.883. The van der Waals surface area contributed by atoms with E-state index in [0.29, 0.717) is 0 Å². The summed E-state index contributed by atoms with van der Waals surface area (Å²) in [4.78, 5) is 4.52. The molecule has 0 aliphatic carbocycles. The van der Waals surface area contributed by atoms with E-state index >= 15 is 0 Å². The number of imidazole rings is 1. The summed E-state index contributed by atoms with van der Waals surface area (Å²) >= 11 is 3.53. The first-order chi connectivity index (χ1) is 9.58. The molecule has 0 fully saturated rings. The average molecular weight is 333 g/mol. The normalized spacial score (nSPS) is 11.4. The quantitative estimate of drug-likeness (QED) is 0.738. The molecule has 0 saturated heterocycles. The van der Waals surface area contributed by atoms with E-state index in [9.17, 15) is 0 Å². The van der Waals surface area contributed by atoms with Crippen LogP contribution in [0.2, 0.25) is 0 Å². The lowest BCUT2D eigenvalue weighted by atomic mass is 10.0. The lowest BCUT2D eigenvalue weighted by Crippen LogP contribution is -2.02. The van der Waals surface area contributed by atoms with Crippen LogP contribution in [0.1, 0.15) is 22.6 Å². The molecular weight excluding hydrogens is 316 g/mol. The van der Waals surface area contributed by atoms with Crippen molar-refractivity contribution >= 4 is 21.7 Å². The Morgan fingerprint density at radius 1 is 1.15 bits per heavy atom. The van der Waals surface area contributed by atoms with Gasteiger partial charge in [0.15, 0.2) is 0 Å². The minimum Gasteiger partial charge on any atom is -0.300 e. The van der Waals surface area contributed by atoms with Crippen molar-refractivity contribution in [3.63, 3.8) is 0 Å². The number of hydrogen-bond acceptors (Lipinski definition) is 2. The summed E-state index contributed by atoms with van der Waals surface area (Å²) in [6.07, 6.45) is 1.91. The van der Waals surface area contributed by atoms with Crippen molar-refractivity contribution in [2.24, 2.45) is 7.05 Å². The fourth-order valence-corrected chi connectivity index (χ4v) is 2.77. The largest absolute Gasteiger partial charge is 0.300 e. The van der Waals surface area contributed by atoms with Gasteiger partial charge in [0.25, 0.3) is 0 Å². The number of aromatic nitrogens is 4. The van der Waals surface area contributed by atoms with Gasteiger partial charge in [-0.15, -0.1) is 0 Å². The summed E-state index contributed by atoms with van der Waals surface area (Å²) in [6, 6.07) is 8.50. The number of halogens is 1. The second-order valence-corrected chi connectivity index (χ2v) is 5.85. The van der Waals surface area contributed by atoms with Gasteiger partial charge in [0.1, 0.15) is 10.4 Å². The van der Waals surface area contributed by atoms with E-state index in [2.05, 4.69) is 61.8 Å². The fourth-order valence-electron chi connectivity index (χ4n) is 2.44. The van der Waals surface area contributed by atoms with Gasteiger partial charge in [-0.05, 0) is 47.3 Å². The number of nitrogens with zero attached hydrogens (tertiary/aromatic N) is 4. The molecule has 4 nitrogen and oxygen atoms in total. The Hall–Kier alpha value is -1.62. The van der Waals surface area contributed by atoms with Crippen molar-refractivity contribution < 1.29 is 0 Å². The summed E-state index contributed by atoms with van der Waals surface area (Å²) in [5.74, 6) is 1.94. The van der Waals surface area contributed by atoms with Crippen molar-refractivity contribution in [3.8, 4) is 0 Å². The highest BCUT2D eigenvalue weighted by Gasteiger charge is 2.14. The second-order valence-electron chi connectivity index (χ2n) is 5.10. The molecule has 3 rings (SSSR count). The fraction of sp³-hybridized carbons (Fsp3) is 0.333. The number of fused-ring (bicyclic) bond motifs is 1. The number of aryl methyl sites for hydroxylation is 5. The van der Waals surface area contributed by atoms with Crippen molar-refractivity contribution in [1.29, 1.82) is 0 Å². The number of rotatable bonds is 3. The van der Waals surface area contributed by atoms with Gasteiger partial charge in [-0.25, -0.2) is 4.98 Å². The molecule has 1 aromatic carbocycles. The SMILES string of the molecule is Cc1ccccc1CCc1nn2c(Br)c(C)nc2n1C. The molecule has 20 heavy (non-hydrogen) atoms. The van der Waals surface area contributed by atoms with E-state index in [-0.39, 0.29) is 0 Å². The third-order valence-corrected chi connectivity index (χ3v) is 4.63. The summed E-state index contributed by atoms with van der Waals surface area (Å²) < 4.78 is 4.86. The zero-order valence-electron chi connectivity index (χ0n) is 11.9. The predicted molar refractivity (Wildman–Crippen MR) is 83.0 cm³/mol. The highest BCUT2D eigenvalue weighted by atomic mass is 79.9. The van der Waals surface area contributed by atoms with Gasteiger partial charge >= 0.3 is 0 Å². The van der Waals surface area contributed by atoms with Gasteiger partial charge in [-0.3, -0.25) is 4.57 Å². The van der Waals surface area contributed by atoms with Crippen LogP contribution in [0.5, 0.6) is 0 Å². The highest BCUT2D eigenvalue weighted by molar-refractivity contribution is 9.10. The maximum atomic E-state index is 4.65. The molecule has 0 spiro atoms. The molecule has 0 atom stereocenters. The van der Waals surface area contributed by atoms with E-state index in [4.69, 9.17) is 0 Å². The summed E-state index contributed by atoms with van der Waals surface area (Å²) in [6.45, 7) is 4.13. The van der Waals surface area contributed by atoms with Crippen LogP contribution in [0.4, 0.5) is 0 Å². The maximum absolute atomic E-state index is 4.65. The maximum Gasteiger partial charge on any atom is 0.233 e. The van der Waals surface area contributed by atoms with Crippen molar-refractivity contribution in [2.45, 2.75) is 26.7 Å². The lowest BCUT2D eigenvalue weighted by Gasteiger charge is -2.04. The molecule has 0 N–H and O–H groups in total. The Labute approximate surface area is 126 Å². The third-order valence-electron chi connectivity index (χ3n) is 3.72. The van der Waals surface area contributed by atoms with E-state index in [1.807, 2.05) is 18.5 Å². The molecule has 3 aromatic rings. The molecule has 0 saturated carbocycles. The Morgan fingerprint density at radius 2 is 1.90 bits per heavy atom. The van der Waals surface area contributed by atoms with Crippen LogP contribution in [0.3, 0.4) is 0 Å². The first-order valence-electron chi connectivity index (χ1n) is 6.69. The molecule has 0 aliphatic heterocycles. The highest BCUT2D eigenvalue weighted by Crippen LogP contribution is 2.19. The molecule has 0 unspecified atom stereocenters. The smallest absolute Gasteiger partial charge is 0.233 e. The van der Waals surface area contributed by atoms with Gasteiger partial charge in [0, 0.05) is 13.5 Å². The van der Waals surface area contributed by atoms with Crippen LogP contribution in [0.25, 0.3) is 5.78 Å². The van der Waals surface area contributed by atoms with Crippen molar-refractivity contribution in [2.75, 3.05) is 0 Å². The van der Waals surface area contributed by atoms with Crippen molar-refractivity contribution in [3.05, 3.63) is 51.5 Å². The number of benzene rings is 1. The molecular formula is C15H17BrN4. The van der Waals surface area contributed by atoms with Crippen LogP contribution in [-0.2, 0) is 19.9 Å². The van der Waals surface area contributed by atoms with Gasteiger partial charge in [0.2, 0.25) is 5.78 Å². The zero-order chi connectivity index (χ0) is 14.3. The van der Waals surface area contributed by atoms with E-state index < -0.39 is 0 Å². The molecule has 0 radical (unpaired) electrons. The van der Waals surface area contributed by atoms with E-state index in [1.54, 1.807) is 0 Å². The van der Waals surface area contributed by atoms with Crippen LogP contribution in [0, 0.1) is 13.8 Å². The van der Waals surface area contributed by atoms with Gasteiger partial charge in [-0.1, -0.05) is 24.3 Å². The average Bonchev–Trinajstić information content (AvgIpc) is 2.88. The molecule has 5 heteroatoms. The zero-order valence-corrected chi connectivity index (χ0v) is 13.5. The monoisotopic (exact) mass is 332 g/mol. The molecule has 0 bridgehead atoms. The molecule has 2 aromatic heterocycles. The molecule has 2 heterocycles. The second kappa shape index (κ2) is 5.05. The Kier molecular flexibility index (Phi) is 3.38. The van der Waals surface area contributed by atoms with Gasteiger partial charge in [0.05, 0.1) is 5.69 Å². The lowest BCUT2D eigenvalue weighted by molar-refractivity contribution is 0.764.